The van der Waals surface area contributed by atoms with E-state index in [1.807, 2.05) is 17.8 Å². The van der Waals surface area contributed by atoms with Gasteiger partial charge in [-0.25, -0.2) is 4.98 Å². The van der Waals surface area contributed by atoms with Crippen molar-refractivity contribution in [1.82, 2.24) is 9.55 Å². The summed E-state index contributed by atoms with van der Waals surface area (Å²) in [6, 6.07) is 6.78. The van der Waals surface area contributed by atoms with Crippen molar-refractivity contribution in [2.75, 3.05) is 11.5 Å². The first-order valence-electron chi connectivity index (χ1n) is 6.09. The Hall–Kier alpha value is -0.190. The zero-order valence-corrected chi connectivity index (χ0v) is 13.1. The van der Waals surface area contributed by atoms with E-state index in [0.717, 1.165) is 15.8 Å². The molecule has 1 aromatic carbocycles. The van der Waals surface area contributed by atoms with Gasteiger partial charge in [-0.15, -0.1) is 11.6 Å². The summed E-state index contributed by atoms with van der Waals surface area (Å²) in [7, 11) is 0. The third-order valence-corrected chi connectivity index (χ3v) is 5.28. The monoisotopic (exact) mass is 344 g/mol. The molecule has 2 aromatic rings. The number of fused-ring (bicyclic) bond motifs is 1. The van der Waals surface area contributed by atoms with E-state index in [1.54, 1.807) is 0 Å². The summed E-state index contributed by atoms with van der Waals surface area (Å²) in [5.41, 5.74) is 2.25. The second-order valence-corrected chi connectivity index (χ2v) is 6.87. The molecule has 0 aliphatic carbocycles. The van der Waals surface area contributed by atoms with Crippen LogP contribution in [0.1, 0.15) is 24.7 Å². The van der Waals surface area contributed by atoms with Crippen molar-refractivity contribution in [3.8, 4) is 0 Å². The standard InChI is InChI=1S/C13H14BrClN2S/c14-9-3-4-11-12(6-9)17(13(7-15)16-11)10-2-1-5-18-8-10/h3-4,6,10H,1-2,5,7-8H2. The number of aromatic nitrogens is 2. The predicted molar refractivity (Wildman–Crippen MR) is 82.6 cm³/mol. The van der Waals surface area contributed by atoms with Crippen LogP contribution in [-0.2, 0) is 5.88 Å². The fourth-order valence-corrected chi connectivity index (χ4v) is 4.21. The first-order chi connectivity index (χ1) is 8.79. The number of hydrogen-bond donors (Lipinski definition) is 0. The summed E-state index contributed by atoms with van der Waals surface area (Å²) in [6.07, 6.45) is 2.51. The molecule has 5 heteroatoms. The molecule has 1 aliphatic rings. The average Bonchev–Trinajstić information content (AvgIpc) is 2.77. The fourth-order valence-electron chi connectivity index (χ4n) is 2.55. The molecule has 2 heterocycles. The minimum atomic E-state index is 0.480. The highest BCUT2D eigenvalue weighted by Crippen LogP contribution is 2.32. The normalized spacial score (nSPS) is 20.4. The summed E-state index contributed by atoms with van der Waals surface area (Å²) >= 11 is 11.6. The van der Waals surface area contributed by atoms with Crippen molar-refractivity contribution < 1.29 is 0 Å². The van der Waals surface area contributed by atoms with Gasteiger partial charge >= 0.3 is 0 Å². The van der Waals surface area contributed by atoms with Crippen molar-refractivity contribution in [1.29, 1.82) is 0 Å². The molecule has 1 fully saturated rings. The molecule has 0 amide bonds. The molecule has 1 aliphatic heterocycles. The number of halogens is 2. The third kappa shape index (κ3) is 2.30. The van der Waals surface area contributed by atoms with Crippen LogP contribution >= 0.6 is 39.3 Å². The Morgan fingerprint density at radius 1 is 1.50 bits per heavy atom. The lowest BCUT2D eigenvalue weighted by Crippen LogP contribution is -2.18. The van der Waals surface area contributed by atoms with Crippen LogP contribution in [-0.4, -0.2) is 21.1 Å². The van der Waals surface area contributed by atoms with Crippen LogP contribution < -0.4 is 0 Å². The van der Waals surface area contributed by atoms with E-state index in [9.17, 15) is 0 Å². The van der Waals surface area contributed by atoms with E-state index in [-0.39, 0.29) is 0 Å². The molecule has 96 valence electrons. The Kier molecular flexibility index (Phi) is 3.87. The van der Waals surface area contributed by atoms with E-state index >= 15 is 0 Å². The molecule has 1 aromatic heterocycles. The molecule has 1 saturated heterocycles. The summed E-state index contributed by atoms with van der Waals surface area (Å²) in [5.74, 6) is 3.93. The maximum atomic E-state index is 6.06. The summed E-state index contributed by atoms with van der Waals surface area (Å²) in [5, 5.41) is 0. The number of rotatable bonds is 2. The van der Waals surface area contributed by atoms with Crippen LogP contribution in [0, 0.1) is 0 Å². The molecule has 0 bridgehead atoms. The largest absolute Gasteiger partial charge is 0.323 e. The van der Waals surface area contributed by atoms with Crippen LogP contribution in [0.4, 0.5) is 0 Å². The van der Waals surface area contributed by atoms with Crippen LogP contribution in [0.15, 0.2) is 22.7 Å². The van der Waals surface area contributed by atoms with Gasteiger partial charge < -0.3 is 4.57 Å². The van der Waals surface area contributed by atoms with Gasteiger partial charge in [0.05, 0.1) is 16.9 Å². The SMILES string of the molecule is ClCc1nc2ccc(Br)cc2n1C1CCCSC1. The molecule has 18 heavy (non-hydrogen) atoms. The van der Waals surface area contributed by atoms with Crippen molar-refractivity contribution in [3.05, 3.63) is 28.5 Å². The first kappa shape index (κ1) is 12.8. The molecular weight excluding hydrogens is 332 g/mol. The van der Waals surface area contributed by atoms with Gasteiger partial charge in [-0.3, -0.25) is 0 Å². The molecule has 0 N–H and O–H groups in total. The minimum Gasteiger partial charge on any atom is -0.323 e. The molecule has 2 nitrogen and oxygen atoms in total. The average molecular weight is 346 g/mol. The van der Waals surface area contributed by atoms with Gasteiger partial charge in [0, 0.05) is 16.3 Å². The fraction of sp³-hybridized carbons (Fsp3) is 0.462. The number of alkyl halides is 1. The van der Waals surface area contributed by atoms with Gasteiger partial charge in [-0.1, -0.05) is 15.9 Å². The summed E-state index contributed by atoms with van der Waals surface area (Å²) in [4.78, 5) is 4.65. The van der Waals surface area contributed by atoms with Crippen molar-refractivity contribution in [2.24, 2.45) is 0 Å². The summed E-state index contributed by atoms with van der Waals surface area (Å²) in [6.45, 7) is 0. The van der Waals surface area contributed by atoms with Gasteiger partial charge in [0.2, 0.25) is 0 Å². The number of hydrogen-bond acceptors (Lipinski definition) is 2. The summed E-state index contributed by atoms with van der Waals surface area (Å²) < 4.78 is 3.44. The van der Waals surface area contributed by atoms with Crippen LogP contribution in [0.2, 0.25) is 0 Å². The number of imidazole rings is 1. The lowest BCUT2D eigenvalue weighted by molar-refractivity contribution is 0.499. The van der Waals surface area contributed by atoms with Crippen molar-refractivity contribution in [3.63, 3.8) is 0 Å². The Morgan fingerprint density at radius 2 is 2.39 bits per heavy atom. The lowest BCUT2D eigenvalue weighted by Gasteiger charge is -2.25. The first-order valence-corrected chi connectivity index (χ1v) is 8.58. The van der Waals surface area contributed by atoms with E-state index in [4.69, 9.17) is 11.6 Å². The van der Waals surface area contributed by atoms with Crippen molar-refractivity contribution in [2.45, 2.75) is 24.8 Å². The molecule has 0 saturated carbocycles. The van der Waals surface area contributed by atoms with Gasteiger partial charge in [-0.05, 0) is 36.8 Å². The van der Waals surface area contributed by atoms with Crippen LogP contribution in [0.5, 0.6) is 0 Å². The number of benzene rings is 1. The Balaban J connectivity index is 2.14. The molecule has 3 rings (SSSR count). The lowest BCUT2D eigenvalue weighted by atomic mass is 10.1. The zero-order chi connectivity index (χ0) is 12.5. The Bertz CT molecular complexity index is 563. The van der Waals surface area contributed by atoms with Gasteiger partial charge in [0.15, 0.2) is 0 Å². The van der Waals surface area contributed by atoms with Gasteiger partial charge in [0.25, 0.3) is 0 Å². The van der Waals surface area contributed by atoms with Gasteiger partial charge in [0.1, 0.15) is 5.82 Å². The third-order valence-electron chi connectivity index (χ3n) is 3.35. The minimum absolute atomic E-state index is 0.480. The quantitative estimate of drug-likeness (QED) is 0.740. The molecule has 1 unspecified atom stereocenters. The van der Waals surface area contributed by atoms with E-state index in [1.165, 1.54) is 29.9 Å². The second-order valence-electron chi connectivity index (χ2n) is 4.54. The molecular formula is C13H14BrClN2S. The van der Waals surface area contributed by atoms with Gasteiger partial charge in [-0.2, -0.15) is 11.8 Å². The van der Waals surface area contributed by atoms with Crippen molar-refractivity contribution >= 4 is 50.3 Å². The molecule has 0 spiro atoms. The topological polar surface area (TPSA) is 17.8 Å². The highest BCUT2D eigenvalue weighted by atomic mass is 79.9. The van der Waals surface area contributed by atoms with Crippen LogP contribution in [0.25, 0.3) is 11.0 Å². The number of thioether (sulfide) groups is 1. The molecule has 1 atom stereocenters. The molecule has 0 radical (unpaired) electrons. The number of nitrogens with zero attached hydrogens (tertiary/aromatic N) is 2. The smallest absolute Gasteiger partial charge is 0.125 e. The highest BCUT2D eigenvalue weighted by molar-refractivity contribution is 9.10. The Morgan fingerprint density at radius 3 is 3.11 bits per heavy atom. The Labute approximate surface area is 124 Å². The predicted octanol–water partition coefficient (Wildman–Crippen LogP) is 4.61. The highest BCUT2D eigenvalue weighted by Gasteiger charge is 2.21. The maximum Gasteiger partial charge on any atom is 0.125 e. The van der Waals surface area contributed by atoms with E-state index < -0.39 is 0 Å². The maximum absolute atomic E-state index is 6.06. The van der Waals surface area contributed by atoms with E-state index in [2.05, 4.69) is 37.6 Å². The zero-order valence-electron chi connectivity index (χ0n) is 9.90. The van der Waals surface area contributed by atoms with E-state index in [0.29, 0.717) is 11.9 Å². The second kappa shape index (κ2) is 5.43. The van der Waals surface area contributed by atoms with Crippen LogP contribution in [0.3, 0.4) is 0 Å².